The predicted octanol–water partition coefficient (Wildman–Crippen LogP) is 3.88. The van der Waals surface area contributed by atoms with E-state index in [1.165, 1.54) is 17.5 Å². The van der Waals surface area contributed by atoms with Gasteiger partial charge in [0.05, 0.1) is 0 Å². The van der Waals surface area contributed by atoms with Gasteiger partial charge in [-0.25, -0.2) is 0 Å². The second kappa shape index (κ2) is 11.1. The van der Waals surface area contributed by atoms with Gasteiger partial charge in [0, 0.05) is 45.8 Å². The van der Waals surface area contributed by atoms with Gasteiger partial charge in [0.15, 0.2) is 5.96 Å². The summed E-state index contributed by atoms with van der Waals surface area (Å²) in [5.74, 6) is 1.67. The fraction of sp³-hybridized carbons (Fsp3) is 0.591. The van der Waals surface area contributed by atoms with Crippen molar-refractivity contribution in [2.24, 2.45) is 4.99 Å². The highest BCUT2D eigenvalue weighted by atomic mass is 127. The van der Waals surface area contributed by atoms with Gasteiger partial charge in [-0.1, -0.05) is 50.3 Å². The Kier molecular flexibility index (Phi) is 9.09. The lowest BCUT2D eigenvalue weighted by Gasteiger charge is -2.25. The molecule has 3 rings (SSSR count). The lowest BCUT2D eigenvalue weighted by molar-refractivity contribution is 0.259. The van der Waals surface area contributed by atoms with Crippen LogP contribution in [0.5, 0.6) is 0 Å². The van der Waals surface area contributed by atoms with E-state index in [2.05, 4.69) is 70.4 Å². The minimum atomic E-state index is 0. The average Bonchev–Trinajstić information content (AvgIpc) is 3.34. The van der Waals surface area contributed by atoms with Crippen LogP contribution in [0.25, 0.3) is 0 Å². The molecule has 1 saturated heterocycles. The third kappa shape index (κ3) is 6.21. The number of nitrogens with zero attached hydrogens (tertiary/aromatic N) is 3. The van der Waals surface area contributed by atoms with Crippen molar-refractivity contribution in [2.45, 2.75) is 45.1 Å². The maximum Gasteiger partial charge on any atom is 0.193 e. The van der Waals surface area contributed by atoms with Crippen LogP contribution in [0.15, 0.2) is 41.4 Å². The molecule has 1 aromatic rings. The Labute approximate surface area is 182 Å². The lowest BCUT2D eigenvalue weighted by Crippen LogP contribution is -2.43. The number of benzene rings is 1. The smallest absolute Gasteiger partial charge is 0.193 e. The van der Waals surface area contributed by atoms with Gasteiger partial charge in [-0.2, -0.15) is 0 Å². The first-order valence-electron chi connectivity index (χ1n) is 10.1. The second-order valence-electron chi connectivity index (χ2n) is 7.79. The number of nitrogens with one attached hydrogen (secondary N) is 1. The first-order chi connectivity index (χ1) is 12.7. The van der Waals surface area contributed by atoms with Crippen LogP contribution in [0.3, 0.4) is 0 Å². The van der Waals surface area contributed by atoms with Crippen LogP contribution < -0.4 is 5.32 Å². The van der Waals surface area contributed by atoms with Gasteiger partial charge >= 0.3 is 0 Å². The number of likely N-dealkylation sites (tertiary alicyclic amines) is 1. The highest BCUT2D eigenvalue weighted by molar-refractivity contribution is 14.0. The highest BCUT2D eigenvalue weighted by Gasteiger charge is 2.29. The van der Waals surface area contributed by atoms with E-state index in [1.54, 1.807) is 0 Å². The minimum Gasteiger partial charge on any atom is -0.356 e. The molecule has 0 spiro atoms. The molecule has 150 valence electrons. The molecule has 27 heavy (non-hydrogen) atoms. The average molecular weight is 482 g/mol. The molecule has 0 saturated carbocycles. The Balaban J connectivity index is 0.00000261. The summed E-state index contributed by atoms with van der Waals surface area (Å²) < 4.78 is 0. The minimum absolute atomic E-state index is 0. The Bertz CT molecular complexity index is 616. The van der Waals surface area contributed by atoms with Crippen LogP contribution in [-0.2, 0) is 6.42 Å². The number of aliphatic imine (C=N–C) groups is 1. The molecule has 1 unspecified atom stereocenters. The molecule has 2 aliphatic heterocycles. The third-order valence-corrected chi connectivity index (χ3v) is 5.61. The fourth-order valence-electron chi connectivity index (χ4n) is 3.92. The Hall–Kier alpha value is -1.08. The van der Waals surface area contributed by atoms with Gasteiger partial charge in [0.1, 0.15) is 0 Å². The molecule has 5 heteroatoms. The molecule has 1 fully saturated rings. The number of aryl methyl sites for hydroxylation is 1. The Morgan fingerprint density at radius 1 is 1.19 bits per heavy atom. The van der Waals surface area contributed by atoms with Gasteiger partial charge in [-0.15, -0.1) is 24.0 Å². The summed E-state index contributed by atoms with van der Waals surface area (Å²) in [6, 6.07) is 9.76. The third-order valence-electron chi connectivity index (χ3n) is 5.61. The Morgan fingerprint density at radius 3 is 2.52 bits per heavy atom. The maximum atomic E-state index is 4.50. The normalized spacial score (nSPS) is 20.4. The SMILES string of the molecule is CN=C(NCCCc1ccc(C(C)C)cc1)N1CCC(N2CC=CC2)C1.I. The summed E-state index contributed by atoms with van der Waals surface area (Å²) in [7, 11) is 1.90. The summed E-state index contributed by atoms with van der Waals surface area (Å²) in [6.45, 7) is 9.89. The molecule has 2 aliphatic rings. The molecular weight excluding hydrogens is 447 g/mol. The zero-order valence-electron chi connectivity index (χ0n) is 17.0. The monoisotopic (exact) mass is 482 g/mol. The van der Waals surface area contributed by atoms with Crippen molar-refractivity contribution in [3.05, 3.63) is 47.5 Å². The fourth-order valence-corrected chi connectivity index (χ4v) is 3.92. The summed E-state index contributed by atoms with van der Waals surface area (Å²) in [5, 5.41) is 3.56. The summed E-state index contributed by atoms with van der Waals surface area (Å²) in [5.41, 5.74) is 2.85. The topological polar surface area (TPSA) is 30.9 Å². The first-order valence-corrected chi connectivity index (χ1v) is 10.1. The zero-order valence-corrected chi connectivity index (χ0v) is 19.4. The van der Waals surface area contributed by atoms with Crippen LogP contribution in [0, 0.1) is 0 Å². The van der Waals surface area contributed by atoms with Crippen molar-refractivity contribution >= 4 is 29.9 Å². The van der Waals surface area contributed by atoms with Crippen LogP contribution >= 0.6 is 24.0 Å². The number of hydrogen-bond donors (Lipinski definition) is 1. The van der Waals surface area contributed by atoms with E-state index in [-0.39, 0.29) is 24.0 Å². The largest absolute Gasteiger partial charge is 0.356 e. The van der Waals surface area contributed by atoms with Gasteiger partial charge < -0.3 is 10.2 Å². The van der Waals surface area contributed by atoms with Crippen molar-refractivity contribution < 1.29 is 0 Å². The van der Waals surface area contributed by atoms with E-state index in [4.69, 9.17) is 0 Å². The summed E-state index contributed by atoms with van der Waals surface area (Å²) in [4.78, 5) is 9.48. The van der Waals surface area contributed by atoms with Crippen LogP contribution in [0.2, 0.25) is 0 Å². The van der Waals surface area contributed by atoms with Gasteiger partial charge in [0.2, 0.25) is 0 Å². The molecule has 1 atom stereocenters. The van der Waals surface area contributed by atoms with Gasteiger partial charge in [-0.05, 0) is 36.3 Å². The van der Waals surface area contributed by atoms with Crippen LogP contribution in [0.1, 0.15) is 43.7 Å². The first kappa shape index (κ1) is 22.2. The standard InChI is InChI=1S/C22H34N4.HI/c1-18(2)20-10-8-19(9-11-20)7-6-13-24-22(23-3)26-16-12-21(17-26)25-14-4-5-15-25;/h4-5,8-11,18,21H,6-7,12-17H2,1-3H3,(H,23,24);1H. The summed E-state index contributed by atoms with van der Waals surface area (Å²) in [6.07, 6.45) is 8.05. The number of halogens is 1. The van der Waals surface area contributed by atoms with Gasteiger partial charge in [0.25, 0.3) is 0 Å². The summed E-state index contributed by atoms with van der Waals surface area (Å²) >= 11 is 0. The van der Waals surface area contributed by atoms with Crippen molar-refractivity contribution in [3.8, 4) is 0 Å². The van der Waals surface area contributed by atoms with Crippen molar-refractivity contribution in [3.63, 3.8) is 0 Å². The van der Waals surface area contributed by atoms with Crippen molar-refractivity contribution in [1.29, 1.82) is 0 Å². The van der Waals surface area contributed by atoms with E-state index >= 15 is 0 Å². The Morgan fingerprint density at radius 2 is 1.89 bits per heavy atom. The second-order valence-corrected chi connectivity index (χ2v) is 7.79. The molecule has 1 aromatic carbocycles. The number of guanidine groups is 1. The molecule has 0 amide bonds. The molecule has 0 aromatic heterocycles. The van der Waals surface area contributed by atoms with E-state index in [0.717, 1.165) is 51.5 Å². The predicted molar refractivity (Wildman–Crippen MR) is 126 cm³/mol. The van der Waals surface area contributed by atoms with Crippen LogP contribution in [-0.4, -0.2) is 61.6 Å². The van der Waals surface area contributed by atoms with E-state index in [0.29, 0.717) is 12.0 Å². The van der Waals surface area contributed by atoms with E-state index in [9.17, 15) is 0 Å². The van der Waals surface area contributed by atoms with E-state index in [1.807, 2.05) is 7.05 Å². The molecule has 0 aliphatic carbocycles. The number of hydrogen-bond acceptors (Lipinski definition) is 2. The molecule has 0 bridgehead atoms. The van der Waals surface area contributed by atoms with Crippen molar-refractivity contribution in [1.82, 2.24) is 15.1 Å². The number of rotatable bonds is 6. The lowest BCUT2D eigenvalue weighted by atomic mass is 10.0. The molecule has 0 radical (unpaired) electrons. The molecule has 2 heterocycles. The highest BCUT2D eigenvalue weighted by Crippen LogP contribution is 2.18. The quantitative estimate of drug-likeness (QED) is 0.220. The van der Waals surface area contributed by atoms with Gasteiger partial charge in [-0.3, -0.25) is 9.89 Å². The van der Waals surface area contributed by atoms with Crippen molar-refractivity contribution in [2.75, 3.05) is 39.8 Å². The molecular formula is C22H35IN4. The molecule has 4 nitrogen and oxygen atoms in total. The zero-order chi connectivity index (χ0) is 18.4. The maximum absolute atomic E-state index is 4.50. The van der Waals surface area contributed by atoms with Crippen LogP contribution in [0.4, 0.5) is 0 Å². The molecule has 1 N–H and O–H groups in total. The van der Waals surface area contributed by atoms with E-state index < -0.39 is 0 Å².